The van der Waals surface area contributed by atoms with E-state index in [1.165, 1.54) is 11.1 Å². The molecule has 3 heteroatoms. The number of methoxy groups -OCH3 is 1. The summed E-state index contributed by atoms with van der Waals surface area (Å²) >= 11 is 0. The minimum Gasteiger partial charge on any atom is -0.508 e. The Kier molecular flexibility index (Phi) is 3.84. The molecule has 0 fully saturated rings. The zero-order valence-corrected chi connectivity index (χ0v) is 12.5. The van der Waals surface area contributed by atoms with E-state index < -0.39 is 0 Å². The average molecular weight is 283 g/mol. The number of fused-ring (bicyclic) bond motifs is 1. The second-order valence-electron chi connectivity index (χ2n) is 5.60. The van der Waals surface area contributed by atoms with Crippen molar-refractivity contribution in [3.05, 3.63) is 59.2 Å². The zero-order chi connectivity index (χ0) is 14.8. The van der Waals surface area contributed by atoms with Gasteiger partial charge in [0.05, 0.1) is 7.11 Å². The molecule has 1 aliphatic rings. The number of phenols is 1. The van der Waals surface area contributed by atoms with Crippen LogP contribution in [0.15, 0.2) is 42.5 Å². The molecule has 0 radical (unpaired) electrons. The monoisotopic (exact) mass is 283 g/mol. The minimum absolute atomic E-state index is 0.235. The van der Waals surface area contributed by atoms with Crippen LogP contribution < -0.4 is 10.1 Å². The lowest BCUT2D eigenvalue weighted by Crippen LogP contribution is -2.23. The number of phenolic OH excluding ortho intramolecular Hbond substituents is 1. The lowest BCUT2D eigenvalue weighted by Gasteiger charge is -2.21. The van der Waals surface area contributed by atoms with Crippen LogP contribution in [-0.2, 0) is 6.42 Å². The summed E-state index contributed by atoms with van der Waals surface area (Å²) in [6.07, 6.45) is 1.96. The lowest BCUT2D eigenvalue weighted by atomic mass is 10.0. The van der Waals surface area contributed by atoms with Crippen molar-refractivity contribution in [3.63, 3.8) is 0 Å². The number of aromatic hydroxyl groups is 1. The maximum absolute atomic E-state index is 9.92. The van der Waals surface area contributed by atoms with Gasteiger partial charge in [0.15, 0.2) is 0 Å². The van der Waals surface area contributed by atoms with Gasteiger partial charge in [0.25, 0.3) is 0 Å². The summed E-state index contributed by atoms with van der Waals surface area (Å²) in [6, 6.07) is 14.5. The van der Waals surface area contributed by atoms with E-state index in [-0.39, 0.29) is 6.04 Å². The molecular formula is C18H21NO2. The third-order valence-electron chi connectivity index (χ3n) is 4.29. The molecule has 110 valence electrons. The van der Waals surface area contributed by atoms with Gasteiger partial charge in [-0.2, -0.15) is 0 Å². The van der Waals surface area contributed by atoms with E-state index in [0.29, 0.717) is 11.8 Å². The summed E-state index contributed by atoms with van der Waals surface area (Å²) in [5, 5.41) is 13.6. The smallest absolute Gasteiger partial charge is 0.119 e. The quantitative estimate of drug-likeness (QED) is 0.898. The highest BCUT2D eigenvalue weighted by Gasteiger charge is 2.25. The van der Waals surface area contributed by atoms with Gasteiger partial charge in [-0.15, -0.1) is 0 Å². The molecule has 0 aromatic heterocycles. The van der Waals surface area contributed by atoms with Crippen LogP contribution in [-0.4, -0.2) is 12.2 Å². The second-order valence-corrected chi connectivity index (χ2v) is 5.60. The van der Waals surface area contributed by atoms with Crippen molar-refractivity contribution in [1.29, 1.82) is 0 Å². The van der Waals surface area contributed by atoms with Crippen molar-refractivity contribution in [2.45, 2.75) is 31.8 Å². The van der Waals surface area contributed by atoms with Crippen molar-refractivity contribution < 1.29 is 9.84 Å². The maximum atomic E-state index is 9.92. The molecule has 1 unspecified atom stereocenters. The Labute approximate surface area is 125 Å². The summed E-state index contributed by atoms with van der Waals surface area (Å²) in [6.45, 7) is 2.16. The van der Waals surface area contributed by atoms with Gasteiger partial charge >= 0.3 is 0 Å². The molecule has 0 bridgehead atoms. The second kappa shape index (κ2) is 5.78. The number of rotatable bonds is 4. The number of nitrogens with one attached hydrogen (secondary N) is 1. The van der Waals surface area contributed by atoms with Gasteiger partial charge in [0.1, 0.15) is 11.5 Å². The van der Waals surface area contributed by atoms with Gasteiger partial charge in [-0.3, -0.25) is 0 Å². The molecule has 0 aliphatic heterocycles. The summed E-state index contributed by atoms with van der Waals surface area (Å²) in [5.41, 5.74) is 3.53. The Morgan fingerprint density at radius 2 is 2.05 bits per heavy atom. The molecule has 0 spiro atoms. The maximum Gasteiger partial charge on any atom is 0.119 e. The van der Waals surface area contributed by atoms with E-state index in [4.69, 9.17) is 4.74 Å². The first kappa shape index (κ1) is 14.0. The third kappa shape index (κ3) is 2.74. The van der Waals surface area contributed by atoms with Crippen molar-refractivity contribution in [2.75, 3.05) is 7.11 Å². The predicted molar refractivity (Wildman–Crippen MR) is 83.7 cm³/mol. The van der Waals surface area contributed by atoms with Crippen LogP contribution in [0.5, 0.6) is 11.5 Å². The van der Waals surface area contributed by atoms with Gasteiger partial charge in [-0.05, 0) is 54.7 Å². The lowest BCUT2D eigenvalue weighted by molar-refractivity contribution is 0.411. The molecule has 2 atom stereocenters. The van der Waals surface area contributed by atoms with Gasteiger partial charge in [0, 0.05) is 12.1 Å². The fourth-order valence-corrected chi connectivity index (χ4v) is 3.12. The SMILES string of the molecule is COc1cccc([C@H](C)NC2CCc3c(O)cccc32)c1. The van der Waals surface area contributed by atoms with Crippen LogP contribution in [0, 0.1) is 0 Å². The Morgan fingerprint density at radius 1 is 1.24 bits per heavy atom. The molecule has 1 aliphatic carbocycles. The van der Waals surface area contributed by atoms with Crippen molar-refractivity contribution in [3.8, 4) is 11.5 Å². The van der Waals surface area contributed by atoms with Gasteiger partial charge < -0.3 is 15.2 Å². The van der Waals surface area contributed by atoms with Crippen molar-refractivity contribution >= 4 is 0 Å². The van der Waals surface area contributed by atoms with Crippen molar-refractivity contribution in [2.24, 2.45) is 0 Å². The normalized spacial score (nSPS) is 18.3. The summed E-state index contributed by atoms with van der Waals surface area (Å²) < 4.78 is 5.29. The van der Waals surface area contributed by atoms with Gasteiger partial charge in [-0.1, -0.05) is 24.3 Å². The molecule has 0 saturated heterocycles. The highest BCUT2D eigenvalue weighted by Crippen LogP contribution is 2.37. The first-order valence-electron chi connectivity index (χ1n) is 7.40. The highest BCUT2D eigenvalue weighted by molar-refractivity contribution is 5.44. The van der Waals surface area contributed by atoms with Gasteiger partial charge in [-0.25, -0.2) is 0 Å². The Morgan fingerprint density at radius 3 is 2.86 bits per heavy atom. The van der Waals surface area contributed by atoms with Gasteiger partial charge in [0.2, 0.25) is 0 Å². The van der Waals surface area contributed by atoms with Crippen LogP contribution in [0.2, 0.25) is 0 Å². The zero-order valence-electron chi connectivity index (χ0n) is 12.5. The fraction of sp³-hybridized carbons (Fsp3) is 0.333. The third-order valence-corrected chi connectivity index (χ3v) is 4.29. The van der Waals surface area contributed by atoms with E-state index >= 15 is 0 Å². The number of benzene rings is 2. The standard InChI is InChI=1S/C18H21NO2/c1-12(13-5-3-6-14(11-13)21-2)19-17-10-9-16-15(17)7-4-8-18(16)20/h3-8,11-12,17,19-20H,9-10H2,1-2H3/t12-,17?/m0/s1. The number of hydrogen-bond acceptors (Lipinski definition) is 3. The topological polar surface area (TPSA) is 41.5 Å². The molecule has 21 heavy (non-hydrogen) atoms. The molecule has 2 aromatic carbocycles. The van der Waals surface area contributed by atoms with E-state index in [1.807, 2.05) is 18.2 Å². The summed E-state index contributed by atoms with van der Waals surface area (Å²) in [7, 11) is 1.69. The fourth-order valence-electron chi connectivity index (χ4n) is 3.12. The van der Waals surface area contributed by atoms with Crippen LogP contribution in [0.4, 0.5) is 0 Å². The predicted octanol–water partition coefficient (Wildman–Crippen LogP) is 3.74. The molecule has 2 N–H and O–H groups in total. The summed E-state index contributed by atoms with van der Waals surface area (Å²) in [4.78, 5) is 0. The number of hydrogen-bond donors (Lipinski definition) is 2. The van der Waals surface area contributed by atoms with E-state index in [2.05, 4.69) is 30.4 Å². The first-order valence-corrected chi connectivity index (χ1v) is 7.40. The largest absolute Gasteiger partial charge is 0.508 e. The van der Waals surface area contributed by atoms with E-state index in [1.54, 1.807) is 13.2 Å². The molecular weight excluding hydrogens is 262 g/mol. The molecule has 0 amide bonds. The Balaban J connectivity index is 1.77. The van der Waals surface area contributed by atoms with Crippen LogP contribution in [0.25, 0.3) is 0 Å². The molecule has 3 rings (SSSR count). The Hall–Kier alpha value is -2.00. The average Bonchev–Trinajstić information content (AvgIpc) is 2.92. The molecule has 2 aromatic rings. The first-order chi connectivity index (χ1) is 10.2. The Bertz CT molecular complexity index is 639. The van der Waals surface area contributed by atoms with Crippen LogP contribution >= 0.6 is 0 Å². The van der Waals surface area contributed by atoms with E-state index in [0.717, 1.165) is 24.2 Å². The number of ether oxygens (including phenoxy) is 1. The molecule has 3 nitrogen and oxygen atoms in total. The van der Waals surface area contributed by atoms with Crippen molar-refractivity contribution in [1.82, 2.24) is 5.32 Å². The van der Waals surface area contributed by atoms with E-state index in [9.17, 15) is 5.11 Å². The molecule has 0 saturated carbocycles. The van der Waals surface area contributed by atoms with Crippen LogP contribution in [0.1, 0.15) is 42.1 Å². The highest BCUT2D eigenvalue weighted by atomic mass is 16.5. The van der Waals surface area contributed by atoms with Crippen LogP contribution in [0.3, 0.4) is 0 Å². The molecule has 0 heterocycles. The summed E-state index contributed by atoms with van der Waals surface area (Å²) in [5.74, 6) is 1.30. The minimum atomic E-state index is 0.235.